The molecule has 0 saturated heterocycles. The van der Waals surface area contributed by atoms with Gasteiger partial charge in [-0.05, 0) is 50.8 Å². The first-order chi connectivity index (χ1) is 10.9. The molecule has 0 fully saturated rings. The third kappa shape index (κ3) is 2.66. The van der Waals surface area contributed by atoms with Crippen molar-refractivity contribution in [3.05, 3.63) is 66.4 Å². The first-order valence-electron chi connectivity index (χ1n) is 7.50. The second-order valence-corrected chi connectivity index (χ2v) is 7.66. The van der Waals surface area contributed by atoms with Crippen LogP contribution in [0.1, 0.15) is 18.5 Å². The zero-order valence-electron chi connectivity index (χ0n) is 13.5. The minimum Gasteiger partial charge on any atom is -0.303 e. The highest BCUT2D eigenvalue weighted by Gasteiger charge is 2.20. The lowest BCUT2D eigenvalue weighted by molar-refractivity contribution is 0.323. The lowest BCUT2D eigenvalue weighted by atomic mass is 10.0. The number of fused-ring (bicyclic) bond motifs is 1. The molecule has 1 atom stereocenters. The third-order valence-corrected chi connectivity index (χ3v) is 5.96. The van der Waals surface area contributed by atoms with Gasteiger partial charge in [0.1, 0.15) is 0 Å². The van der Waals surface area contributed by atoms with Crippen molar-refractivity contribution in [2.75, 3.05) is 14.1 Å². The van der Waals surface area contributed by atoms with Gasteiger partial charge in [-0.3, -0.25) is 0 Å². The molecule has 120 valence electrons. The number of hydrogen-bond acceptors (Lipinski definition) is 3. The Bertz CT molecular complexity index is 928. The minimum atomic E-state index is -3.58. The fourth-order valence-corrected chi connectivity index (χ4v) is 4.09. The average Bonchev–Trinajstić information content (AvgIpc) is 2.99. The summed E-state index contributed by atoms with van der Waals surface area (Å²) in [5.74, 6) is 0. The first kappa shape index (κ1) is 15.8. The van der Waals surface area contributed by atoms with Crippen molar-refractivity contribution >= 4 is 20.9 Å². The van der Waals surface area contributed by atoms with Gasteiger partial charge < -0.3 is 4.90 Å². The molecule has 3 rings (SSSR count). The van der Waals surface area contributed by atoms with Crippen molar-refractivity contribution in [3.8, 4) is 0 Å². The van der Waals surface area contributed by atoms with Crippen LogP contribution in [0.15, 0.2) is 65.7 Å². The van der Waals surface area contributed by atoms with Crippen LogP contribution in [0.3, 0.4) is 0 Å². The van der Waals surface area contributed by atoms with E-state index in [1.165, 1.54) is 3.97 Å². The summed E-state index contributed by atoms with van der Waals surface area (Å²) in [4.78, 5) is 2.40. The number of rotatable bonds is 4. The van der Waals surface area contributed by atoms with E-state index in [1.54, 1.807) is 30.5 Å². The highest BCUT2D eigenvalue weighted by atomic mass is 32.2. The summed E-state index contributed by atoms with van der Waals surface area (Å²) in [6, 6.07) is 16.4. The Balaban J connectivity index is 2.20. The molecular weight excluding hydrogens is 308 g/mol. The summed E-state index contributed by atoms with van der Waals surface area (Å²) in [6.45, 7) is 2.11. The van der Waals surface area contributed by atoms with E-state index in [-0.39, 0.29) is 6.04 Å². The fraction of sp³-hybridized carbons (Fsp3) is 0.222. The summed E-state index contributed by atoms with van der Waals surface area (Å²) in [6.07, 6.45) is 1.64. The van der Waals surface area contributed by atoms with Gasteiger partial charge in [0, 0.05) is 17.6 Å². The van der Waals surface area contributed by atoms with Gasteiger partial charge in [-0.2, -0.15) is 0 Å². The molecule has 0 radical (unpaired) electrons. The van der Waals surface area contributed by atoms with E-state index in [4.69, 9.17) is 0 Å². The summed E-state index contributed by atoms with van der Waals surface area (Å²) in [5.41, 5.74) is 1.83. The van der Waals surface area contributed by atoms with Crippen molar-refractivity contribution in [3.63, 3.8) is 0 Å². The Hall–Kier alpha value is -2.11. The lowest BCUT2D eigenvalue weighted by Crippen LogP contribution is -2.17. The molecule has 0 saturated carbocycles. The van der Waals surface area contributed by atoms with Gasteiger partial charge in [0.25, 0.3) is 10.0 Å². The lowest BCUT2D eigenvalue weighted by Gasteiger charge is -2.21. The molecule has 2 aromatic carbocycles. The zero-order chi connectivity index (χ0) is 16.6. The van der Waals surface area contributed by atoms with E-state index in [9.17, 15) is 8.42 Å². The Morgan fingerprint density at radius 3 is 2.30 bits per heavy atom. The highest BCUT2D eigenvalue weighted by Crippen LogP contribution is 2.29. The standard InChI is InChI=1S/C18H20N2O2S/c1-14(19(2)3)16-10-7-11-18-17(16)12-13-20(18)23(21,22)15-8-5-4-6-9-15/h4-14H,1-3H3. The first-order valence-corrected chi connectivity index (χ1v) is 8.94. The molecule has 0 spiro atoms. The van der Waals surface area contributed by atoms with Gasteiger partial charge in [-0.15, -0.1) is 0 Å². The van der Waals surface area contributed by atoms with Crippen LogP contribution in [0.25, 0.3) is 10.9 Å². The van der Waals surface area contributed by atoms with Gasteiger partial charge in [-0.25, -0.2) is 12.4 Å². The second-order valence-electron chi connectivity index (χ2n) is 5.85. The quantitative estimate of drug-likeness (QED) is 0.736. The number of benzene rings is 2. The third-order valence-electron chi connectivity index (χ3n) is 4.26. The van der Waals surface area contributed by atoms with Crippen LogP contribution >= 0.6 is 0 Å². The molecule has 0 aliphatic heterocycles. The molecule has 1 aromatic heterocycles. The molecule has 23 heavy (non-hydrogen) atoms. The summed E-state index contributed by atoms with van der Waals surface area (Å²) >= 11 is 0. The van der Waals surface area contributed by atoms with Crippen molar-refractivity contribution in [2.24, 2.45) is 0 Å². The van der Waals surface area contributed by atoms with Gasteiger partial charge in [0.15, 0.2) is 0 Å². The van der Waals surface area contributed by atoms with Crippen molar-refractivity contribution in [1.82, 2.24) is 8.87 Å². The molecule has 0 amide bonds. The maximum atomic E-state index is 12.9. The van der Waals surface area contributed by atoms with Gasteiger partial charge >= 0.3 is 0 Å². The molecule has 1 heterocycles. The Morgan fingerprint density at radius 1 is 0.957 bits per heavy atom. The molecule has 0 aliphatic rings. The molecule has 5 heteroatoms. The van der Waals surface area contributed by atoms with Crippen LogP contribution in [0.2, 0.25) is 0 Å². The fourth-order valence-electron chi connectivity index (χ4n) is 2.72. The van der Waals surface area contributed by atoms with E-state index < -0.39 is 10.0 Å². The smallest absolute Gasteiger partial charge is 0.268 e. The van der Waals surface area contributed by atoms with E-state index >= 15 is 0 Å². The van der Waals surface area contributed by atoms with Crippen LogP contribution in [-0.2, 0) is 10.0 Å². The topological polar surface area (TPSA) is 42.3 Å². The monoisotopic (exact) mass is 328 g/mol. The zero-order valence-corrected chi connectivity index (χ0v) is 14.3. The maximum Gasteiger partial charge on any atom is 0.268 e. The SMILES string of the molecule is CC(c1cccc2c1ccn2S(=O)(=O)c1ccccc1)N(C)C. The van der Waals surface area contributed by atoms with Crippen molar-refractivity contribution in [1.29, 1.82) is 0 Å². The molecule has 4 nitrogen and oxygen atoms in total. The minimum absolute atomic E-state index is 0.203. The largest absolute Gasteiger partial charge is 0.303 e. The van der Waals surface area contributed by atoms with Crippen molar-refractivity contribution in [2.45, 2.75) is 17.9 Å². The van der Waals surface area contributed by atoms with E-state index in [0.717, 1.165) is 10.9 Å². The normalized spacial score (nSPS) is 13.6. The maximum absolute atomic E-state index is 12.9. The molecule has 0 N–H and O–H groups in total. The van der Waals surface area contributed by atoms with Crippen LogP contribution in [0.4, 0.5) is 0 Å². The molecule has 1 unspecified atom stereocenters. The molecule has 3 aromatic rings. The Labute approximate surface area is 137 Å². The molecule has 0 aliphatic carbocycles. The average molecular weight is 328 g/mol. The van der Waals surface area contributed by atoms with Crippen molar-refractivity contribution < 1.29 is 8.42 Å². The van der Waals surface area contributed by atoms with E-state index in [1.807, 2.05) is 44.4 Å². The van der Waals surface area contributed by atoms with Gasteiger partial charge in [0.05, 0.1) is 10.4 Å². The highest BCUT2D eigenvalue weighted by molar-refractivity contribution is 7.90. The predicted molar refractivity (Wildman–Crippen MR) is 93.1 cm³/mol. The van der Waals surface area contributed by atoms with Crippen LogP contribution in [0, 0.1) is 0 Å². The summed E-state index contributed by atoms with van der Waals surface area (Å²) in [7, 11) is 0.448. The second kappa shape index (κ2) is 5.83. The van der Waals surface area contributed by atoms with Crippen LogP contribution in [-0.4, -0.2) is 31.4 Å². The van der Waals surface area contributed by atoms with Gasteiger partial charge in [-0.1, -0.05) is 30.3 Å². The van der Waals surface area contributed by atoms with E-state index in [2.05, 4.69) is 11.8 Å². The Morgan fingerprint density at radius 2 is 1.65 bits per heavy atom. The number of nitrogens with zero attached hydrogens (tertiary/aromatic N) is 2. The molecule has 0 bridgehead atoms. The van der Waals surface area contributed by atoms with Crippen LogP contribution < -0.4 is 0 Å². The number of aromatic nitrogens is 1. The Kier molecular flexibility index (Phi) is 4.00. The molecular formula is C18H20N2O2S. The van der Waals surface area contributed by atoms with Crippen LogP contribution in [0.5, 0.6) is 0 Å². The van der Waals surface area contributed by atoms with Gasteiger partial charge in [0.2, 0.25) is 0 Å². The number of hydrogen-bond donors (Lipinski definition) is 0. The summed E-state index contributed by atoms with van der Waals surface area (Å²) < 4.78 is 27.1. The summed E-state index contributed by atoms with van der Waals surface area (Å²) in [5, 5.41) is 0.966. The predicted octanol–water partition coefficient (Wildman–Crippen LogP) is 3.50. The van der Waals surface area contributed by atoms with E-state index in [0.29, 0.717) is 10.4 Å².